The Morgan fingerprint density at radius 3 is 2.88 bits per heavy atom. The summed E-state index contributed by atoms with van der Waals surface area (Å²) in [7, 11) is 1.75. The highest BCUT2D eigenvalue weighted by molar-refractivity contribution is 5.24. The number of methoxy groups -OCH3 is 1. The van der Waals surface area contributed by atoms with E-state index >= 15 is 0 Å². The monoisotopic (exact) mass is 329 g/mol. The van der Waals surface area contributed by atoms with Gasteiger partial charge < -0.3 is 9.30 Å². The van der Waals surface area contributed by atoms with Gasteiger partial charge in [0.05, 0.1) is 18.6 Å². The molecule has 2 aromatic rings. The van der Waals surface area contributed by atoms with Gasteiger partial charge in [-0.3, -0.25) is 4.90 Å². The van der Waals surface area contributed by atoms with Crippen molar-refractivity contribution in [1.29, 1.82) is 0 Å². The van der Waals surface area contributed by atoms with Crippen LogP contribution < -0.4 is 0 Å². The topological polar surface area (TPSA) is 30.3 Å². The SMILES string of the molecule is COC[C@@H]1CN(Cc2ccccc2F)Cc2ncn(CC3CC3)c21. The van der Waals surface area contributed by atoms with Crippen molar-refractivity contribution in [3.63, 3.8) is 0 Å². The highest BCUT2D eigenvalue weighted by atomic mass is 19.1. The second-order valence-electron chi connectivity index (χ2n) is 7.09. The normalized spacial score (nSPS) is 21.0. The Balaban J connectivity index is 1.55. The number of nitrogens with zero attached hydrogens (tertiary/aromatic N) is 3. The number of hydrogen-bond acceptors (Lipinski definition) is 3. The molecule has 4 nitrogen and oxygen atoms in total. The maximum absolute atomic E-state index is 14.0. The molecule has 128 valence electrons. The Labute approximate surface area is 142 Å². The van der Waals surface area contributed by atoms with Crippen LogP contribution >= 0.6 is 0 Å². The van der Waals surface area contributed by atoms with Crippen LogP contribution in [0.5, 0.6) is 0 Å². The Bertz CT molecular complexity index is 710. The van der Waals surface area contributed by atoms with Crippen LogP contribution in [0.1, 0.15) is 35.7 Å². The molecule has 24 heavy (non-hydrogen) atoms. The zero-order chi connectivity index (χ0) is 16.5. The van der Waals surface area contributed by atoms with Gasteiger partial charge in [0.2, 0.25) is 0 Å². The fourth-order valence-corrected chi connectivity index (χ4v) is 3.74. The molecule has 0 bridgehead atoms. The Hall–Kier alpha value is -1.72. The summed E-state index contributed by atoms with van der Waals surface area (Å²) in [5.74, 6) is 0.987. The van der Waals surface area contributed by atoms with Crippen LogP contribution in [-0.4, -0.2) is 34.7 Å². The Morgan fingerprint density at radius 1 is 1.29 bits per heavy atom. The quantitative estimate of drug-likeness (QED) is 0.815. The van der Waals surface area contributed by atoms with Gasteiger partial charge in [-0.15, -0.1) is 0 Å². The summed E-state index contributed by atoms with van der Waals surface area (Å²) >= 11 is 0. The van der Waals surface area contributed by atoms with Crippen molar-refractivity contribution in [3.8, 4) is 0 Å². The van der Waals surface area contributed by atoms with Crippen molar-refractivity contribution in [1.82, 2.24) is 14.5 Å². The van der Waals surface area contributed by atoms with E-state index in [-0.39, 0.29) is 5.82 Å². The molecular weight excluding hydrogens is 305 g/mol. The average Bonchev–Trinajstić information content (AvgIpc) is 3.29. The van der Waals surface area contributed by atoms with E-state index in [9.17, 15) is 4.39 Å². The standard InChI is InChI=1S/C19H24FN3O/c1-24-12-16-10-22(9-15-4-2-3-5-17(15)20)11-18-19(16)23(13-21-18)8-14-6-7-14/h2-5,13-14,16H,6-12H2,1H3/t16-/m0/s1. The van der Waals surface area contributed by atoms with Crippen molar-refractivity contribution in [2.45, 2.75) is 38.4 Å². The van der Waals surface area contributed by atoms with Crippen LogP contribution in [0.3, 0.4) is 0 Å². The third kappa shape index (κ3) is 3.23. The maximum atomic E-state index is 14.0. The van der Waals surface area contributed by atoms with Gasteiger partial charge in [-0.25, -0.2) is 9.37 Å². The van der Waals surface area contributed by atoms with Crippen molar-refractivity contribution < 1.29 is 9.13 Å². The lowest BCUT2D eigenvalue weighted by Gasteiger charge is -2.33. The molecule has 1 aliphatic heterocycles. The number of halogens is 1. The van der Waals surface area contributed by atoms with E-state index in [0.29, 0.717) is 19.1 Å². The zero-order valence-corrected chi connectivity index (χ0v) is 14.1. The first-order valence-electron chi connectivity index (χ1n) is 8.73. The number of ether oxygens (including phenoxy) is 1. The van der Waals surface area contributed by atoms with Gasteiger partial charge in [0, 0.05) is 50.5 Å². The minimum absolute atomic E-state index is 0.133. The van der Waals surface area contributed by atoms with Crippen molar-refractivity contribution in [3.05, 3.63) is 53.4 Å². The second kappa shape index (κ2) is 6.65. The van der Waals surface area contributed by atoms with Gasteiger partial charge in [0.25, 0.3) is 0 Å². The number of imidazole rings is 1. The molecule has 4 rings (SSSR count). The summed E-state index contributed by atoms with van der Waals surface area (Å²) in [5.41, 5.74) is 3.20. The second-order valence-corrected chi connectivity index (χ2v) is 7.09. The van der Waals surface area contributed by atoms with Crippen LogP contribution in [0.2, 0.25) is 0 Å². The van der Waals surface area contributed by atoms with Crippen molar-refractivity contribution in [2.24, 2.45) is 5.92 Å². The van der Waals surface area contributed by atoms with Crippen molar-refractivity contribution >= 4 is 0 Å². The van der Waals surface area contributed by atoms with Crippen LogP contribution in [0, 0.1) is 11.7 Å². The van der Waals surface area contributed by atoms with E-state index in [4.69, 9.17) is 4.74 Å². The van der Waals surface area contributed by atoms with E-state index in [1.54, 1.807) is 13.2 Å². The van der Waals surface area contributed by atoms with E-state index < -0.39 is 0 Å². The molecule has 1 atom stereocenters. The molecular formula is C19H24FN3O. The fourth-order valence-electron chi connectivity index (χ4n) is 3.74. The minimum Gasteiger partial charge on any atom is -0.384 e. The van der Waals surface area contributed by atoms with Crippen LogP contribution in [0.25, 0.3) is 0 Å². The highest BCUT2D eigenvalue weighted by Gasteiger charge is 2.32. The lowest BCUT2D eigenvalue weighted by molar-refractivity contribution is 0.131. The largest absolute Gasteiger partial charge is 0.384 e. The summed E-state index contributed by atoms with van der Waals surface area (Å²) in [5, 5.41) is 0. The van der Waals surface area contributed by atoms with E-state index in [1.165, 1.54) is 24.6 Å². The fraction of sp³-hybridized carbons (Fsp3) is 0.526. The summed E-state index contributed by atoms with van der Waals surface area (Å²) in [4.78, 5) is 6.93. The molecule has 2 aliphatic rings. The predicted molar refractivity (Wildman–Crippen MR) is 90.1 cm³/mol. The number of aromatic nitrogens is 2. The van der Waals surface area contributed by atoms with Gasteiger partial charge >= 0.3 is 0 Å². The number of fused-ring (bicyclic) bond motifs is 1. The first kappa shape index (κ1) is 15.8. The first-order valence-corrected chi connectivity index (χ1v) is 8.73. The molecule has 1 aromatic heterocycles. The van der Waals surface area contributed by atoms with E-state index in [1.807, 2.05) is 18.5 Å². The van der Waals surface area contributed by atoms with Crippen LogP contribution in [-0.2, 0) is 24.4 Å². The molecule has 5 heteroatoms. The molecule has 1 aliphatic carbocycles. The molecule has 0 radical (unpaired) electrons. The van der Waals surface area contributed by atoms with E-state index in [0.717, 1.165) is 36.8 Å². The minimum atomic E-state index is -0.133. The number of benzene rings is 1. The molecule has 0 saturated heterocycles. The average molecular weight is 329 g/mol. The molecule has 0 N–H and O–H groups in total. The van der Waals surface area contributed by atoms with Gasteiger partial charge in [0.15, 0.2) is 0 Å². The first-order chi connectivity index (χ1) is 11.7. The molecule has 1 fully saturated rings. The highest BCUT2D eigenvalue weighted by Crippen LogP contribution is 2.34. The number of hydrogen-bond donors (Lipinski definition) is 0. The lowest BCUT2D eigenvalue weighted by atomic mass is 9.98. The molecule has 0 spiro atoms. The van der Waals surface area contributed by atoms with Crippen LogP contribution in [0.15, 0.2) is 30.6 Å². The predicted octanol–water partition coefficient (Wildman–Crippen LogP) is 3.18. The Kier molecular flexibility index (Phi) is 4.37. The van der Waals surface area contributed by atoms with Gasteiger partial charge in [-0.2, -0.15) is 0 Å². The van der Waals surface area contributed by atoms with Crippen LogP contribution in [0.4, 0.5) is 4.39 Å². The number of rotatable bonds is 6. The summed E-state index contributed by atoms with van der Waals surface area (Å²) < 4.78 is 21.8. The van der Waals surface area contributed by atoms with Gasteiger partial charge in [0.1, 0.15) is 5.82 Å². The van der Waals surface area contributed by atoms with E-state index in [2.05, 4.69) is 14.5 Å². The maximum Gasteiger partial charge on any atom is 0.127 e. The molecule has 0 amide bonds. The van der Waals surface area contributed by atoms with Gasteiger partial charge in [-0.1, -0.05) is 18.2 Å². The molecule has 0 unspecified atom stereocenters. The molecule has 2 heterocycles. The third-order valence-corrected chi connectivity index (χ3v) is 5.07. The smallest absolute Gasteiger partial charge is 0.127 e. The van der Waals surface area contributed by atoms with Crippen molar-refractivity contribution in [2.75, 3.05) is 20.3 Å². The van der Waals surface area contributed by atoms with Gasteiger partial charge in [-0.05, 0) is 24.8 Å². The molecule has 1 saturated carbocycles. The summed E-state index contributed by atoms with van der Waals surface area (Å²) in [6.07, 6.45) is 4.65. The lowest BCUT2D eigenvalue weighted by Crippen LogP contribution is -2.36. The Morgan fingerprint density at radius 2 is 2.12 bits per heavy atom. The third-order valence-electron chi connectivity index (χ3n) is 5.07. The molecule has 1 aromatic carbocycles. The summed E-state index contributed by atoms with van der Waals surface area (Å²) in [6.45, 7) is 4.03. The zero-order valence-electron chi connectivity index (χ0n) is 14.1. The summed E-state index contributed by atoms with van der Waals surface area (Å²) in [6, 6.07) is 7.02.